The van der Waals surface area contributed by atoms with Crippen molar-refractivity contribution in [3.63, 3.8) is 0 Å². The van der Waals surface area contributed by atoms with Crippen LogP contribution in [0.25, 0.3) is 42.4 Å². The van der Waals surface area contributed by atoms with Gasteiger partial charge in [0.1, 0.15) is 0 Å². The van der Waals surface area contributed by atoms with E-state index in [9.17, 15) is 0 Å². The first-order chi connectivity index (χ1) is 31.2. The summed E-state index contributed by atoms with van der Waals surface area (Å²) < 4.78 is 1.33. The van der Waals surface area contributed by atoms with Gasteiger partial charge in [-0.15, -0.1) is 11.3 Å². The highest BCUT2D eigenvalue weighted by Gasteiger charge is 2.54. The van der Waals surface area contributed by atoms with Crippen molar-refractivity contribution in [1.29, 1.82) is 0 Å². The molecule has 0 saturated carbocycles. The molecule has 9 aromatic rings. The Bertz CT molecular complexity index is 3440. The molecule has 0 N–H and O–H groups in total. The topological polar surface area (TPSA) is 6.48 Å². The summed E-state index contributed by atoms with van der Waals surface area (Å²) in [6, 6.07) is 70.1. The molecule has 0 bridgehead atoms. The molecule has 298 valence electrons. The van der Waals surface area contributed by atoms with E-state index in [1.54, 1.807) is 0 Å². The smallest absolute Gasteiger partial charge is 0.0740 e. The van der Waals surface area contributed by atoms with Crippen LogP contribution in [-0.2, 0) is 5.41 Å². The van der Waals surface area contributed by atoms with Gasteiger partial charge in [-0.2, -0.15) is 0 Å². The number of fused-ring (bicyclic) bond motifs is 14. The molecule has 0 saturated heterocycles. The Kier molecular flexibility index (Phi) is 8.07. The van der Waals surface area contributed by atoms with E-state index in [0.717, 1.165) is 28.4 Å². The number of benzene rings is 8. The third-order valence-corrected chi connectivity index (χ3v) is 15.1. The van der Waals surface area contributed by atoms with Crippen LogP contribution in [0, 0.1) is 11.8 Å². The van der Waals surface area contributed by atoms with Crippen LogP contribution in [0.15, 0.2) is 236 Å². The Hall–Kier alpha value is -7.46. The first kappa shape index (κ1) is 36.2. The molecule has 3 atom stereocenters. The Morgan fingerprint density at radius 2 is 1.16 bits per heavy atom. The minimum absolute atomic E-state index is 0.332. The first-order valence-corrected chi connectivity index (χ1v) is 22.9. The van der Waals surface area contributed by atoms with E-state index >= 15 is 0 Å². The molecule has 3 unspecified atom stereocenters. The molecule has 0 aliphatic heterocycles. The third-order valence-electron chi connectivity index (χ3n) is 13.9. The number of anilines is 5. The van der Waals surface area contributed by atoms with Gasteiger partial charge >= 0.3 is 0 Å². The number of nitrogens with zero attached hydrogens (tertiary/aromatic N) is 2. The van der Waals surface area contributed by atoms with E-state index < -0.39 is 5.41 Å². The van der Waals surface area contributed by atoms with Crippen LogP contribution in [-0.4, -0.2) is 0 Å². The van der Waals surface area contributed by atoms with Gasteiger partial charge in [-0.1, -0.05) is 165 Å². The van der Waals surface area contributed by atoms with Gasteiger partial charge < -0.3 is 9.80 Å². The van der Waals surface area contributed by atoms with Crippen LogP contribution < -0.4 is 9.80 Å². The van der Waals surface area contributed by atoms with Crippen molar-refractivity contribution in [3.05, 3.63) is 258 Å². The summed E-state index contributed by atoms with van der Waals surface area (Å²) in [6.45, 7) is 2.33. The van der Waals surface area contributed by atoms with E-state index in [4.69, 9.17) is 0 Å². The van der Waals surface area contributed by atoms with Gasteiger partial charge in [0, 0.05) is 49.3 Å². The summed E-state index contributed by atoms with van der Waals surface area (Å²) in [5.41, 5.74) is 17.1. The Labute approximate surface area is 372 Å². The number of para-hydroxylation sites is 2. The second-order valence-electron chi connectivity index (χ2n) is 17.2. The average molecular weight is 823 g/mol. The highest BCUT2D eigenvalue weighted by atomic mass is 32.1. The van der Waals surface area contributed by atoms with Crippen LogP contribution in [0.2, 0.25) is 0 Å². The molecule has 4 aliphatic rings. The number of hydrogen-bond donors (Lipinski definition) is 0. The van der Waals surface area contributed by atoms with Crippen molar-refractivity contribution >= 4 is 60.6 Å². The fourth-order valence-corrected chi connectivity index (χ4v) is 12.5. The van der Waals surface area contributed by atoms with Crippen LogP contribution in [0.1, 0.15) is 29.2 Å². The number of thiophene rings is 1. The molecular formula is C60H42N2S. The number of hydrogen-bond acceptors (Lipinski definition) is 3. The second kappa shape index (κ2) is 14.0. The predicted molar refractivity (Wildman–Crippen MR) is 266 cm³/mol. The predicted octanol–water partition coefficient (Wildman–Crippen LogP) is 16.2. The quantitative estimate of drug-likeness (QED) is 0.165. The van der Waals surface area contributed by atoms with Crippen LogP contribution >= 0.6 is 11.3 Å². The molecule has 1 aromatic heterocycles. The maximum atomic E-state index is 2.52. The SMILES string of the molecule is CC1C=CC(N(c2ccccc2)c2ccc3c(c2)-c2ccccc2C32c3cc(N(c4ccccc4)c4cccc5ccccc45)ccc3-c3sc4ccccc4c32)=C2C=CC=CC21. The Balaban J connectivity index is 1.08. The van der Waals surface area contributed by atoms with Crippen LogP contribution in [0.3, 0.4) is 0 Å². The van der Waals surface area contributed by atoms with E-state index in [1.807, 2.05) is 11.3 Å². The lowest BCUT2D eigenvalue weighted by molar-refractivity contribution is 0.576. The summed E-state index contributed by atoms with van der Waals surface area (Å²) in [5, 5.41) is 3.78. The van der Waals surface area contributed by atoms with Gasteiger partial charge in [-0.05, 0) is 128 Å². The normalized spacial score (nSPS) is 18.7. The molecule has 2 nitrogen and oxygen atoms in total. The standard InChI is InChI=1S/C60H42N2S/c1-39-31-36-56(48-26-11-10-23-45(39)48)61(41-19-4-2-5-20-41)43-33-35-53-51(37-43)47-25-12-14-28-52(47)60(53)54-38-44(32-34-49(54)59-58(60)50-27-13-15-30-57(50)63-59)62(42-21-6-3-7-22-42)55-29-16-18-40-17-8-9-24-46(40)55/h2-39,45H,1H3. The third kappa shape index (κ3) is 5.24. The molecular weight excluding hydrogens is 781 g/mol. The summed E-state index contributed by atoms with van der Waals surface area (Å²) in [7, 11) is 0. The maximum absolute atomic E-state index is 2.52. The minimum Gasteiger partial charge on any atom is -0.310 e. The van der Waals surface area contributed by atoms with Gasteiger partial charge in [0.15, 0.2) is 0 Å². The van der Waals surface area contributed by atoms with Crippen molar-refractivity contribution in [3.8, 4) is 21.6 Å². The summed E-state index contributed by atoms with van der Waals surface area (Å²) in [5.74, 6) is 0.758. The van der Waals surface area contributed by atoms with Crippen molar-refractivity contribution < 1.29 is 0 Å². The fraction of sp³-hybridized carbons (Fsp3) is 0.0667. The lowest BCUT2D eigenvalue weighted by atomic mass is 9.70. The van der Waals surface area contributed by atoms with Gasteiger partial charge in [0.05, 0.1) is 11.1 Å². The summed E-state index contributed by atoms with van der Waals surface area (Å²) >= 11 is 1.94. The molecule has 3 heteroatoms. The Morgan fingerprint density at radius 1 is 0.476 bits per heavy atom. The lowest BCUT2D eigenvalue weighted by Gasteiger charge is -2.35. The number of rotatable bonds is 6. The van der Waals surface area contributed by atoms with Gasteiger partial charge in [-0.25, -0.2) is 0 Å². The molecule has 8 aromatic carbocycles. The zero-order valence-corrected chi connectivity index (χ0v) is 35.6. The van der Waals surface area contributed by atoms with Crippen molar-refractivity contribution in [2.24, 2.45) is 11.8 Å². The summed E-state index contributed by atoms with van der Waals surface area (Å²) in [6.07, 6.45) is 13.8. The van der Waals surface area contributed by atoms with Gasteiger partial charge in [-0.3, -0.25) is 0 Å². The van der Waals surface area contributed by atoms with Crippen molar-refractivity contribution in [1.82, 2.24) is 0 Å². The molecule has 1 heterocycles. The molecule has 63 heavy (non-hydrogen) atoms. The van der Waals surface area contributed by atoms with Gasteiger partial charge in [0.2, 0.25) is 0 Å². The van der Waals surface area contributed by atoms with Gasteiger partial charge in [0.25, 0.3) is 0 Å². The minimum atomic E-state index is -0.534. The summed E-state index contributed by atoms with van der Waals surface area (Å²) in [4.78, 5) is 6.30. The first-order valence-electron chi connectivity index (χ1n) is 22.1. The second-order valence-corrected chi connectivity index (χ2v) is 18.3. The Morgan fingerprint density at radius 3 is 2.02 bits per heavy atom. The fourth-order valence-electron chi connectivity index (χ4n) is 11.2. The van der Waals surface area contributed by atoms with E-state index in [2.05, 4.69) is 241 Å². The monoisotopic (exact) mass is 822 g/mol. The van der Waals surface area contributed by atoms with E-state index in [1.165, 1.54) is 76.0 Å². The molecule has 0 amide bonds. The van der Waals surface area contributed by atoms with Crippen molar-refractivity contribution in [2.75, 3.05) is 9.80 Å². The molecule has 0 fully saturated rings. The number of allylic oxidation sites excluding steroid dienone is 7. The molecule has 13 rings (SSSR count). The molecule has 4 aliphatic carbocycles. The largest absolute Gasteiger partial charge is 0.310 e. The maximum Gasteiger partial charge on any atom is 0.0740 e. The molecule has 1 spiro atoms. The highest BCUT2D eigenvalue weighted by Crippen LogP contribution is 2.67. The average Bonchev–Trinajstić information content (AvgIpc) is 3.97. The molecule has 0 radical (unpaired) electrons. The van der Waals surface area contributed by atoms with Crippen LogP contribution in [0.4, 0.5) is 28.4 Å². The highest BCUT2D eigenvalue weighted by molar-refractivity contribution is 7.22. The van der Waals surface area contributed by atoms with E-state index in [-0.39, 0.29) is 0 Å². The van der Waals surface area contributed by atoms with Crippen LogP contribution in [0.5, 0.6) is 0 Å². The zero-order valence-electron chi connectivity index (χ0n) is 34.8. The lowest BCUT2D eigenvalue weighted by Crippen LogP contribution is -2.27. The zero-order chi connectivity index (χ0) is 41.6. The van der Waals surface area contributed by atoms with Crippen molar-refractivity contribution in [2.45, 2.75) is 12.3 Å². The van der Waals surface area contributed by atoms with E-state index in [0.29, 0.717) is 11.8 Å².